The Hall–Kier alpha value is -1.39. The van der Waals surface area contributed by atoms with Crippen LogP contribution in [0, 0.1) is 5.82 Å². The first kappa shape index (κ1) is 12.6. The molecule has 2 aromatic rings. The quantitative estimate of drug-likeness (QED) is 0.891. The van der Waals surface area contributed by atoms with E-state index in [1.807, 2.05) is 13.1 Å². The molecule has 1 atom stereocenters. The van der Waals surface area contributed by atoms with E-state index >= 15 is 0 Å². The zero-order chi connectivity index (χ0) is 13.5. The van der Waals surface area contributed by atoms with Gasteiger partial charge in [0, 0.05) is 36.7 Å². The lowest BCUT2D eigenvalue weighted by atomic mass is 10.1. The summed E-state index contributed by atoms with van der Waals surface area (Å²) in [7, 11) is 0. The Morgan fingerprint density at radius 2 is 2.32 bits per heavy atom. The van der Waals surface area contributed by atoms with Crippen molar-refractivity contribution in [3.8, 4) is 0 Å². The van der Waals surface area contributed by atoms with Gasteiger partial charge < -0.3 is 15.0 Å². The van der Waals surface area contributed by atoms with Gasteiger partial charge in [-0.15, -0.1) is 0 Å². The summed E-state index contributed by atoms with van der Waals surface area (Å²) >= 11 is 0. The van der Waals surface area contributed by atoms with Gasteiger partial charge in [-0.2, -0.15) is 0 Å². The molecule has 102 valence electrons. The summed E-state index contributed by atoms with van der Waals surface area (Å²) in [6.07, 6.45) is 3.66. The van der Waals surface area contributed by atoms with Gasteiger partial charge in [-0.1, -0.05) is 0 Å². The number of aromatic amines is 1. The molecule has 2 N–H and O–H groups in total. The van der Waals surface area contributed by atoms with Crippen molar-refractivity contribution in [3.05, 3.63) is 35.8 Å². The van der Waals surface area contributed by atoms with Gasteiger partial charge in [-0.3, -0.25) is 0 Å². The number of nitrogens with one attached hydrogen (secondary N) is 1. The molecule has 1 aromatic carbocycles. The molecule has 1 unspecified atom stereocenters. The Morgan fingerprint density at radius 1 is 1.47 bits per heavy atom. The molecule has 0 bridgehead atoms. The molecule has 1 aliphatic rings. The number of β-amino-alcohol motifs (C(OH)–C–C–N with tert-alkyl or cyclic N) is 1. The first-order chi connectivity index (χ1) is 9.03. The van der Waals surface area contributed by atoms with Gasteiger partial charge in [0.05, 0.1) is 5.60 Å². The largest absolute Gasteiger partial charge is 0.389 e. The number of likely N-dealkylation sites (tertiary alicyclic amines) is 1. The molecule has 0 aliphatic carbocycles. The van der Waals surface area contributed by atoms with Gasteiger partial charge in [0.2, 0.25) is 0 Å². The van der Waals surface area contributed by atoms with Crippen molar-refractivity contribution in [1.82, 2.24) is 9.88 Å². The van der Waals surface area contributed by atoms with E-state index in [1.54, 1.807) is 12.1 Å². The summed E-state index contributed by atoms with van der Waals surface area (Å²) in [6.45, 7) is 4.45. The fourth-order valence-electron chi connectivity index (χ4n) is 2.87. The lowest BCUT2D eigenvalue weighted by Gasteiger charge is -2.18. The Morgan fingerprint density at radius 3 is 3.05 bits per heavy atom. The monoisotopic (exact) mass is 262 g/mol. The SMILES string of the molecule is CC1(O)CCN(CCc2c[nH]c3ccc(F)cc23)C1. The number of nitrogens with zero attached hydrogens (tertiary/aromatic N) is 1. The van der Waals surface area contributed by atoms with Gasteiger partial charge in [0.25, 0.3) is 0 Å². The molecule has 19 heavy (non-hydrogen) atoms. The molecule has 1 fully saturated rings. The number of aliphatic hydroxyl groups is 1. The predicted octanol–water partition coefficient (Wildman–Crippen LogP) is 2.31. The summed E-state index contributed by atoms with van der Waals surface area (Å²) < 4.78 is 13.3. The molecule has 0 saturated carbocycles. The summed E-state index contributed by atoms with van der Waals surface area (Å²) in [5, 5.41) is 10.9. The molecular formula is C15H19FN2O. The van der Waals surface area contributed by atoms with Crippen molar-refractivity contribution >= 4 is 10.9 Å². The molecular weight excluding hydrogens is 243 g/mol. The fourth-order valence-corrected chi connectivity index (χ4v) is 2.87. The van der Waals surface area contributed by atoms with Gasteiger partial charge >= 0.3 is 0 Å². The van der Waals surface area contributed by atoms with Crippen LogP contribution in [0.4, 0.5) is 4.39 Å². The van der Waals surface area contributed by atoms with Gasteiger partial charge in [0.15, 0.2) is 0 Å². The summed E-state index contributed by atoms with van der Waals surface area (Å²) in [5.74, 6) is -0.197. The lowest BCUT2D eigenvalue weighted by Crippen LogP contribution is -2.30. The van der Waals surface area contributed by atoms with Crippen molar-refractivity contribution in [2.45, 2.75) is 25.4 Å². The highest BCUT2D eigenvalue weighted by atomic mass is 19.1. The highest BCUT2D eigenvalue weighted by Gasteiger charge is 2.30. The second-order valence-corrected chi connectivity index (χ2v) is 5.78. The van der Waals surface area contributed by atoms with Crippen LogP contribution in [0.3, 0.4) is 0 Å². The maximum absolute atomic E-state index is 13.3. The van der Waals surface area contributed by atoms with E-state index in [4.69, 9.17) is 0 Å². The molecule has 2 heterocycles. The molecule has 0 amide bonds. The standard InChI is InChI=1S/C15H19FN2O/c1-15(19)5-7-18(10-15)6-4-11-9-17-14-3-2-12(16)8-13(11)14/h2-3,8-9,17,19H,4-7,10H2,1H3. The van der Waals surface area contributed by atoms with Crippen molar-refractivity contribution in [2.24, 2.45) is 0 Å². The van der Waals surface area contributed by atoms with E-state index in [2.05, 4.69) is 9.88 Å². The van der Waals surface area contributed by atoms with Crippen molar-refractivity contribution in [2.75, 3.05) is 19.6 Å². The second-order valence-electron chi connectivity index (χ2n) is 5.78. The van der Waals surface area contributed by atoms with Crippen LogP contribution in [-0.4, -0.2) is 40.2 Å². The number of hydrogen-bond donors (Lipinski definition) is 2. The maximum atomic E-state index is 13.3. The number of fused-ring (bicyclic) bond motifs is 1. The van der Waals surface area contributed by atoms with Crippen LogP contribution in [0.2, 0.25) is 0 Å². The second kappa shape index (κ2) is 4.62. The first-order valence-corrected chi connectivity index (χ1v) is 6.74. The van der Waals surface area contributed by atoms with E-state index in [-0.39, 0.29) is 5.82 Å². The molecule has 1 aliphatic heterocycles. The highest BCUT2D eigenvalue weighted by molar-refractivity contribution is 5.83. The molecule has 3 rings (SSSR count). The Bertz CT molecular complexity index is 591. The highest BCUT2D eigenvalue weighted by Crippen LogP contribution is 2.23. The third-order valence-corrected chi connectivity index (χ3v) is 3.96. The molecule has 0 radical (unpaired) electrons. The van der Waals surface area contributed by atoms with Gasteiger partial charge in [-0.05, 0) is 43.5 Å². The minimum absolute atomic E-state index is 0.197. The van der Waals surface area contributed by atoms with Crippen LogP contribution in [0.1, 0.15) is 18.9 Å². The first-order valence-electron chi connectivity index (χ1n) is 6.74. The zero-order valence-corrected chi connectivity index (χ0v) is 11.1. The maximum Gasteiger partial charge on any atom is 0.123 e. The van der Waals surface area contributed by atoms with E-state index in [1.165, 1.54) is 6.07 Å². The van der Waals surface area contributed by atoms with Crippen LogP contribution in [0.5, 0.6) is 0 Å². The van der Waals surface area contributed by atoms with Crippen LogP contribution in [-0.2, 0) is 6.42 Å². The van der Waals surface area contributed by atoms with Crippen molar-refractivity contribution in [1.29, 1.82) is 0 Å². The summed E-state index contributed by atoms with van der Waals surface area (Å²) in [6, 6.07) is 4.83. The van der Waals surface area contributed by atoms with Gasteiger partial charge in [-0.25, -0.2) is 4.39 Å². The van der Waals surface area contributed by atoms with Crippen molar-refractivity contribution < 1.29 is 9.50 Å². The molecule has 3 nitrogen and oxygen atoms in total. The smallest absolute Gasteiger partial charge is 0.123 e. The van der Waals surface area contributed by atoms with E-state index in [9.17, 15) is 9.50 Å². The molecule has 0 spiro atoms. The topological polar surface area (TPSA) is 39.3 Å². The average molecular weight is 262 g/mol. The zero-order valence-electron chi connectivity index (χ0n) is 11.1. The Balaban J connectivity index is 1.70. The average Bonchev–Trinajstić information content (AvgIpc) is 2.90. The number of hydrogen-bond acceptors (Lipinski definition) is 2. The van der Waals surface area contributed by atoms with E-state index in [0.717, 1.165) is 48.9 Å². The third kappa shape index (κ3) is 2.65. The number of benzene rings is 1. The van der Waals surface area contributed by atoms with Crippen LogP contribution < -0.4 is 0 Å². The summed E-state index contributed by atoms with van der Waals surface area (Å²) in [5.41, 5.74) is 1.57. The molecule has 1 saturated heterocycles. The third-order valence-electron chi connectivity index (χ3n) is 3.96. The van der Waals surface area contributed by atoms with Crippen LogP contribution in [0.15, 0.2) is 24.4 Å². The predicted molar refractivity (Wildman–Crippen MR) is 73.6 cm³/mol. The van der Waals surface area contributed by atoms with E-state index in [0.29, 0.717) is 0 Å². The fraction of sp³-hybridized carbons (Fsp3) is 0.467. The Kier molecular flexibility index (Phi) is 3.07. The lowest BCUT2D eigenvalue weighted by molar-refractivity contribution is 0.0690. The summed E-state index contributed by atoms with van der Waals surface area (Å²) in [4.78, 5) is 5.43. The van der Waals surface area contributed by atoms with Crippen molar-refractivity contribution in [3.63, 3.8) is 0 Å². The number of rotatable bonds is 3. The van der Waals surface area contributed by atoms with Crippen LogP contribution >= 0.6 is 0 Å². The Labute approximate surface area is 112 Å². The molecule has 4 heteroatoms. The number of H-pyrrole nitrogens is 1. The van der Waals surface area contributed by atoms with Gasteiger partial charge in [0.1, 0.15) is 5.82 Å². The van der Waals surface area contributed by atoms with Crippen LogP contribution in [0.25, 0.3) is 10.9 Å². The minimum Gasteiger partial charge on any atom is -0.389 e. The molecule has 1 aromatic heterocycles. The van der Waals surface area contributed by atoms with E-state index < -0.39 is 5.60 Å². The normalized spacial score (nSPS) is 24.4. The number of aromatic nitrogens is 1. The number of halogens is 1. The minimum atomic E-state index is -0.549.